The maximum Gasteiger partial charge on any atom is 0.223 e. The molecule has 0 saturated carbocycles. The van der Waals surface area contributed by atoms with Crippen molar-refractivity contribution in [3.63, 3.8) is 0 Å². The summed E-state index contributed by atoms with van der Waals surface area (Å²) in [4.78, 5) is 19.8. The molecule has 150 valence electrons. The highest BCUT2D eigenvalue weighted by Crippen LogP contribution is 2.27. The first-order chi connectivity index (χ1) is 13.5. The van der Waals surface area contributed by atoms with Gasteiger partial charge in [0.25, 0.3) is 0 Å². The summed E-state index contributed by atoms with van der Waals surface area (Å²) in [6, 6.07) is 7.92. The molecule has 3 rings (SSSR count). The molecule has 0 bridgehead atoms. The second-order valence-corrected chi connectivity index (χ2v) is 9.00. The molecule has 0 unspecified atom stereocenters. The third-order valence-electron chi connectivity index (χ3n) is 4.42. The molecule has 1 fully saturated rings. The molecule has 0 radical (unpaired) electrons. The number of carbonyl (C=O) groups excluding carboxylic acids is 1. The average molecular weight is 419 g/mol. The minimum absolute atomic E-state index is 0.0681. The molecule has 5 N–H and O–H groups in total. The standard InChI is InChI=1S/C19H26N6OS2/c1-13(26)22-19-24-16(17(28-19)12-25-8-10-27-11-9-25)7-4-14-2-5-15(6-3-14)23-18(20)21/h2-3,5-6H,4,7-12H2,1H3,(H4,20,21,23)(H,22,24,26). The Hall–Kier alpha value is -2.10. The van der Waals surface area contributed by atoms with Crippen LogP contribution in [0.15, 0.2) is 24.3 Å². The highest BCUT2D eigenvalue weighted by Gasteiger charge is 2.17. The van der Waals surface area contributed by atoms with Gasteiger partial charge in [-0.05, 0) is 30.5 Å². The zero-order valence-corrected chi connectivity index (χ0v) is 17.6. The molecule has 1 saturated heterocycles. The molecule has 0 atom stereocenters. The van der Waals surface area contributed by atoms with Crippen LogP contribution in [0.3, 0.4) is 0 Å². The number of anilines is 2. The Morgan fingerprint density at radius 1 is 1.21 bits per heavy atom. The fourth-order valence-corrected chi connectivity index (χ4v) is 5.12. The van der Waals surface area contributed by atoms with Gasteiger partial charge in [-0.15, -0.1) is 11.3 Å². The van der Waals surface area contributed by atoms with Gasteiger partial charge in [-0.3, -0.25) is 15.1 Å². The Bertz CT molecular complexity index is 814. The van der Waals surface area contributed by atoms with Gasteiger partial charge in [-0.1, -0.05) is 12.1 Å². The molecule has 1 aliphatic rings. The number of hydrogen-bond donors (Lipinski definition) is 4. The molecule has 7 nitrogen and oxygen atoms in total. The van der Waals surface area contributed by atoms with E-state index in [1.165, 1.54) is 28.9 Å². The predicted molar refractivity (Wildman–Crippen MR) is 118 cm³/mol. The first kappa shape index (κ1) is 20.6. The van der Waals surface area contributed by atoms with E-state index in [1.807, 2.05) is 36.0 Å². The van der Waals surface area contributed by atoms with Crippen molar-refractivity contribution in [3.8, 4) is 0 Å². The minimum atomic E-state index is -0.0882. The van der Waals surface area contributed by atoms with Gasteiger partial charge in [0.2, 0.25) is 5.91 Å². The summed E-state index contributed by atoms with van der Waals surface area (Å²) in [6.45, 7) is 4.61. The van der Waals surface area contributed by atoms with Crippen molar-refractivity contribution in [3.05, 3.63) is 40.4 Å². The SMILES string of the molecule is CC(=O)Nc1nc(CCc2ccc(NC(=N)N)cc2)c(CN2CCSCC2)s1. The lowest BCUT2D eigenvalue weighted by Gasteiger charge is -2.25. The van der Waals surface area contributed by atoms with E-state index < -0.39 is 0 Å². The third-order valence-corrected chi connectivity index (χ3v) is 6.36. The van der Waals surface area contributed by atoms with Gasteiger partial charge in [-0.25, -0.2) is 4.98 Å². The van der Waals surface area contributed by atoms with Crippen LogP contribution >= 0.6 is 23.1 Å². The van der Waals surface area contributed by atoms with Gasteiger partial charge in [0.05, 0.1) is 5.69 Å². The summed E-state index contributed by atoms with van der Waals surface area (Å²) in [5.74, 6) is 2.19. The van der Waals surface area contributed by atoms with Crippen molar-refractivity contribution in [2.24, 2.45) is 5.73 Å². The largest absolute Gasteiger partial charge is 0.370 e. The van der Waals surface area contributed by atoms with Crippen LogP contribution in [0.1, 0.15) is 23.1 Å². The van der Waals surface area contributed by atoms with Gasteiger partial charge in [-0.2, -0.15) is 11.8 Å². The van der Waals surface area contributed by atoms with E-state index in [0.717, 1.165) is 43.9 Å². The molecular weight excluding hydrogens is 392 g/mol. The van der Waals surface area contributed by atoms with E-state index in [4.69, 9.17) is 11.1 Å². The number of thiazole rings is 1. The highest BCUT2D eigenvalue weighted by atomic mass is 32.2. The van der Waals surface area contributed by atoms with Crippen LogP contribution in [-0.2, 0) is 24.2 Å². The molecule has 28 heavy (non-hydrogen) atoms. The lowest BCUT2D eigenvalue weighted by molar-refractivity contribution is -0.114. The van der Waals surface area contributed by atoms with Crippen LogP contribution in [0.4, 0.5) is 10.8 Å². The van der Waals surface area contributed by atoms with Crippen molar-refractivity contribution >= 4 is 45.8 Å². The lowest BCUT2D eigenvalue weighted by Crippen LogP contribution is -2.32. The highest BCUT2D eigenvalue weighted by molar-refractivity contribution is 7.99. The van der Waals surface area contributed by atoms with Gasteiger partial charge >= 0.3 is 0 Å². The zero-order chi connectivity index (χ0) is 19.9. The quantitative estimate of drug-likeness (QED) is 0.407. The molecule has 1 aromatic heterocycles. The normalized spacial score (nSPS) is 14.6. The first-order valence-corrected chi connectivity index (χ1v) is 11.2. The van der Waals surface area contributed by atoms with E-state index in [2.05, 4.69) is 20.5 Å². The molecule has 0 spiro atoms. The fourth-order valence-electron chi connectivity index (χ4n) is 3.04. The lowest BCUT2D eigenvalue weighted by atomic mass is 10.1. The van der Waals surface area contributed by atoms with Gasteiger partial charge in [0.15, 0.2) is 11.1 Å². The molecule has 9 heteroatoms. The number of rotatable bonds is 7. The summed E-state index contributed by atoms with van der Waals surface area (Å²) in [5, 5.41) is 13.6. The van der Waals surface area contributed by atoms with Gasteiger partial charge in [0.1, 0.15) is 0 Å². The molecule has 1 amide bonds. The summed E-state index contributed by atoms with van der Waals surface area (Å²) in [6.07, 6.45) is 1.69. The van der Waals surface area contributed by atoms with Crippen molar-refractivity contribution in [2.45, 2.75) is 26.3 Å². The van der Waals surface area contributed by atoms with Crippen molar-refractivity contribution < 1.29 is 4.79 Å². The van der Waals surface area contributed by atoms with Crippen LogP contribution < -0.4 is 16.4 Å². The number of guanidine groups is 1. The number of aryl methyl sites for hydroxylation is 2. The first-order valence-electron chi connectivity index (χ1n) is 9.26. The Labute approximate surface area is 173 Å². The van der Waals surface area contributed by atoms with Gasteiger partial charge < -0.3 is 16.4 Å². The molecule has 1 aliphatic heterocycles. The van der Waals surface area contributed by atoms with E-state index >= 15 is 0 Å². The maximum atomic E-state index is 11.4. The summed E-state index contributed by atoms with van der Waals surface area (Å²) in [7, 11) is 0. The summed E-state index contributed by atoms with van der Waals surface area (Å²) < 4.78 is 0. The van der Waals surface area contributed by atoms with E-state index in [-0.39, 0.29) is 11.9 Å². The van der Waals surface area contributed by atoms with Crippen molar-refractivity contribution in [2.75, 3.05) is 35.2 Å². The molecular formula is C19H26N6OS2. The minimum Gasteiger partial charge on any atom is -0.370 e. The topological polar surface area (TPSA) is 107 Å². The Kier molecular flexibility index (Phi) is 7.30. The van der Waals surface area contributed by atoms with Crippen molar-refractivity contribution in [1.29, 1.82) is 5.41 Å². The Balaban J connectivity index is 1.67. The maximum absolute atomic E-state index is 11.4. The molecule has 1 aromatic carbocycles. The van der Waals surface area contributed by atoms with E-state index in [9.17, 15) is 4.79 Å². The van der Waals surface area contributed by atoms with E-state index in [1.54, 1.807) is 11.3 Å². The second kappa shape index (κ2) is 9.90. The number of aromatic nitrogens is 1. The summed E-state index contributed by atoms with van der Waals surface area (Å²) in [5.41, 5.74) is 8.43. The monoisotopic (exact) mass is 418 g/mol. The van der Waals surface area contributed by atoms with Crippen LogP contribution in [0.25, 0.3) is 0 Å². The molecule has 2 heterocycles. The van der Waals surface area contributed by atoms with Gasteiger partial charge in [0, 0.05) is 48.6 Å². The summed E-state index contributed by atoms with van der Waals surface area (Å²) >= 11 is 3.59. The number of thioether (sulfide) groups is 1. The fraction of sp³-hybridized carbons (Fsp3) is 0.421. The smallest absolute Gasteiger partial charge is 0.223 e. The number of hydrogen-bond acceptors (Lipinski definition) is 6. The van der Waals surface area contributed by atoms with Crippen molar-refractivity contribution in [1.82, 2.24) is 9.88 Å². The predicted octanol–water partition coefficient (Wildman–Crippen LogP) is 2.74. The number of nitrogens with zero attached hydrogens (tertiary/aromatic N) is 2. The van der Waals surface area contributed by atoms with Crippen LogP contribution in [0.5, 0.6) is 0 Å². The third kappa shape index (κ3) is 6.22. The zero-order valence-electron chi connectivity index (χ0n) is 16.0. The Morgan fingerprint density at radius 2 is 1.93 bits per heavy atom. The van der Waals surface area contributed by atoms with E-state index in [0.29, 0.717) is 5.13 Å². The number of amides is 1. The van der Waals surface area contributed by atoms with Crippen LogP contribution in [-0.4, -0.2) is 46.3 Å². The number of carbonyl (C=O) groups is 1. The van der Waals surface area contributed by atoms with Crippen LogP contribution in [0.2, 0.25) is 0 Å². The van der Waals surface area contributed by atoms with Crippen LogP contribution in [0, 0.1) is 5.41 Å². The Morgan fingerprint density at radius 3 is 2.57 bits per heavy atom. The number of nitrogens with two attached hydrogens (primary N) is 1. The number of nitrogens with one attached hydrogen (secondary N) is 3. The molecule has 0 aliphatic carbocycles. The number of benzene rings is 1. The second-order valence-electron chi connectivity index (χ2n) is 6.69. The molecule has 2 aromatic rings. The average Bonchev–Trinajstić information content (AvgIpc) is 3.02.